The van der Waals surface area contributed by atoms with E-state index in [9.17, 15) is 10.1 Å². The van der Waals surface area contributed by atoms with Crippen LogP contribution < -0.4 is 0 Å². The van der Waals surface area contributed by atoms with Gasteiger partial charge in [-0.25, -0.2) is 4.79 Å². The van der Waals surface area contributed by atoms with Gasteiger partial charge in [0, 0.05) is 18.2 Å². The van der Waals surface area contributed by atoms with E-state index in [1.165, 1.54) is 4.90 Å². The summed E-state index contributed by atoms with van der Waals surface area (Å²) in [6, 6.07) is 19.8. The molecular weight excluding hydrogens is 324 g/mol. The Balaban J connectivity index is 2.11. The van der Waals surface area contributed by atoms with Gasteiger partial charge < -0.3 is 4.74 Å². The standard InChI is InChI=1S/C22H22N2O2/c1-21(2,3)26-20(25)24-14-13-18-11-7-8-12-19(18)22(24,16-23)15-17-9-5-4-6-10-17/h4-14H,15H2,1-3H3. The van der Waals surface area contributed by atoms with E-state index in [1.807, 2.05) is 81.4 Å². The Hall–Kier alpha value is -3.06. The minimum absolute atomic E-state index is 0.380. The normalized spacial score (nSPS) is 18.8. The zero-order chi connectivity index (χ0) is 18.8. The molecule has 0 saturated carbocycles. The highest BCUT2D eigenvalue weighted by Crippen LogP contribution is 2.39. The second-order valence-electron chi connectivity index (χ2n) is 7.39. The van der Waals surface area contributed by atoms with E-state index in [1.54, 1.807) is 6.20 Å². The van der Waals surface area contributed by atoms with Crippen molar-refractivity contribution in [1.82, 2.24) is 4.90 Å². The third-order valence-corrected chi connectivity index (χ3v) is 4.30. The molecule has 1 unspecified atom stereocenters. The number of fused-ring (bicyclic) bond motifs is 1. The highest BCUT2D eigenvalue weighted by atomic mass is 16.6. The molecule has 4 heteroatoms. The summed E-state index contributed by atoms with van der Waals surface area (Å²) in [5.74, 6) is 0. The third-order valence-electron chi connectivity index (χ3n) is 4.30. The predicted molar refractivity (Wildman–Crippen MR) is 101 cm³/mol. The summed E-state index contributed by atoms with van der Waals surface area (Å²) in [6.45, 7) is 5.45. The van der Waals surface area contributed by atoms with Crippen LogP contribution in [0.1, 0.15) is 37.5 Å². The van der Waals surface area contributed by atoms with Crippen molar-refractivity contribution in [2.45, 2.75) is 38.3 Å². The summed E-state index contributed by atoms with van der Waals surface area (Å²) in [7, 11) is 0. The van der Waals surface area contributed by atoms with Crippen LogP contribution in [0.2, 0.25) is 0 Å². The molecule has 0 spiro atoms. The van der Waals surface area contributed by atoms with Gasteiger partial charge in [0.25, 0.3) is 0 Å². The number of rotatable bonds is 2. The fourth-order valence-electron chi connectivity index (χ4n) is 3.18. The molecule has 0 aromatic heterocycles. The maximum Gasteiger partial charge on any atom is 0.415 e. The summed E-state index contributed by atoms with van der Waals surface area (Å²) in [4.78, 5) is 14.3. The Bertz CT molecular complexity index is 875. The topological polar surface area (TPSA) is 53.3 Å². The molecule has 4 nitrogen and oxygen atoms in total. The van der Waals surface area contributed by atoms with Crippen LogP contribution in [-0.4, -0.2) is 16.6 Å². The zero-order valence-electron chi connectivity index (χ0n) is 15.3. The molecule has 1 atom stereocenters. The number of nitriles is 1. The molecule has 0 N–H and O–H groups in total. The van der Waals surface area contributed by atoms with Gasteiger partial charge in [0.15, 0.2) is 5.54 Å². The van der Waals surface area contributed by atoms with Crippen molar-refractivity contribution in [3.8, 4) is 6.07 Å². The third kappa shape index (κ3) is 3.34. The Morgan fingerprint density at radius 3 is 2.42 bits per heavy atom. The van der Waals surface area contributed by atoms with Crippen LogP contribution >= 0.6 is 0 Å². The van der Waals surface area contributed by atoms with Gasteiger partial charge in [-0.3, -0.25) is 4.90 Å². The first kappa shape index (κ1) is 17.8. The smallest absolute Gasteiger partial charge is 0.415 e. The van der Waals surface area contributed by atoms with Crippen LogP contribution in [0.3, 0.4) is 0 Å². The quantitative estimate of drug-likeness (QED) is 0.779. The van der Waals surface area contributed by atoms with Gasteiger partial charge in [0.05, 0.1) is 6.07 Å². The van der Waals surface area contributed by atoms with Gasteiger partial charge in [-0.1, -0.05) is 54.6 Å². The van der Waals surface area contributed by atoms with Gasteiger partial charge in [0.1, 0.15) is 5.60 Å². The summed E-state index contributed by atoms with van der Waals surface area (Å²) in [6.07, 6.45) is 3.36. The van der Waals surface area contributed by atoms with E-state index in [-0.39, 0.29) is 0 Å². The number of hydrogen-bond acceptors (Lipinski definition) is 3. The molecule has 0 fully saturated rings. The second-order valence-corrected chi connectivity index (χ2v) is 7.39. The minimum atomic E-state index is -1.16. The molecule has 0 aliphatic carbocycles. The van der Waals surface area contributed by atoms with Crippen molar-refractivity contribution < 1.29 is 9.53 Å². The first-order valence-corrected chi connectivity index (χ1v) is 8.61. The Morgan fingerprint density at radius 2 is 1.77 bits per heavy atom. The van der Waals surface area contributed by atoms with E-state index in [0.717, 1.165) is 16.7 Å². The van der Waals surface area contributed by atoms with Crippen LogP contribution in [0.4, 0.5) is 4.79 Å². The minimum Gasteiger partial charge on any atom is -0.443 e. The summed E-state index contributed by atoms with van der Waals surface area (Å²) in [5.41, 5.74) is 0.919. The van der Waals surface area contributed by atoms with Crippen LogP contribution in [0, 0.1) is 11.3 Å². The maximum atomic E-state index is 12.9. The lowest BCUT2D eigenvalue weighted by molar-refractivity contribution is 0.0187. The molecule has 0 saturated heterocycles. The van der Waals surface area contributed by atoms with E-state index >= 15 is 0 Å². The molecule has 1 aliphatic rings. The molecular formula is C22H22N2O2. The molecule has 1 amide bonds. The maximum absolute atomic E-state index is 12.9. The zero-order valence-corrected chi connectivity index (χ0v) is 15.3. The fraction of sp³-hybridized carbons (Fsp3) is 0.273. The molecule has 1 heterocycles. The molecule has 132 valence electrons. The monoisotopic (exact) mass is 346 g/mol. The number of ether oxygens (including phenoxy) is 1. The Morgan fingerprint density at radius 1 is 1.12 bits per heavy atom. The average molecular weight is 346 g/mol. The lowest BCUT2D eigenvalue weighted by Crippen LogP contribution is -2.50. The van der Waals surface area contributed by atoms with Crippen molar-refractivity contribution in [2.75, 3.05) is 0 Å². The molecule has 3 rings (SSSR count). The number of hydrogen-bond donors (Lipinski definition) is 0. The SMILES string of the molecule is CC(C)(C)OC(=O)N1C=Cc2ccccc2C1(C#N)Cc1ccccc1. The predicted octanol–water partition coefficient (Wildman–Crippen LogP) is 4.87. The molecule has 0 radical (unpaired) electrons. The summed E-state index contributed by atoms with van der Waals surface area (Å²) < 4.78 is 5.57. The van der Waals surface area contributed by atoms with Crippen molar-refractivity contribution in [3.05, 3.63) is 77.5 Å². The largest absolute Gasteiger partial charge is 0.443 e. The van der Waals surface area contributed by atoms with Crippen LogP contribution in [0.15, 0.2) is 60.8 Å². The highest BCUT2D eigenvalue weighted by molar-refractivity contribution is 5.76. The van der Waals surface area contributed by atoms with Gasteiger partial charge >= 0.3 is 6.09 Å². The van der Waals surface area contributed by atoms with Gasteiger partial charge in [-0.15, -0.1) is 0 Å². The van der Waals surface area contributed by atoms with Crippen LogP contribution in [0.5, 0.6) is 0 Å². The highest BCUT2D eigenvalue weighted by Gasteiger charge is 2.45. The lowest BCUT2D eigenvalue weighted by Gasteiger charge is -2.40. The number of nitrogens with zero attached hydrogens (tertiary/aromatic N) is 2. The van der Waals surface area contributed by atoms with Crippen molar-refractivity contribution in [2.24, 2.45) is 0 Å². The number of carbonyl (C=O) groups excluding carboxylic acids is 1. The first-order chi connectivity index (χ1) is 12.4. The molecule has 0 bridgehead atoms. The lowest BCUT2D eigenvalue weighted by atomic mass is 9.79. The van der Waals surface area contributed by atoms with Crippen molar-refractivity contribution in [1.29, 1.82) is 5.26 Å². The van der Waals surface area contributed by atoms with Crippen LogP contribution in [0.25, 0.3) is 6.08 Å². The van der Waals surface area contributed by atoms with Crippen LogP contribution in [-0.2, 0) is 16.7 Å². The first-order valence-electron chi connectivity index (χ1n) is 8.61. The fourth-order valence-corrected chi connectivity index (χ4v) is 3.18. The van der Waals surface area contributed by atoms with Gasteiger partial charge in [-0.2, -0.15) is 5.26 Å². The summed E-state index contributed by atoms with van der Waals surface area (Å²) in [5, 5.41) is 10.2. The second kappa shape index (κ2) is 6.68. The molecule has 26 heavy (non-hydrogen) atoms. The number of carbonyl (C=O) groups is 1. The van der Waals surface area contributed by atoms with E-state index in [2.05, 4.69) is 6.07 Å². The van der Waals surface area contributed by atoms with Crippen molar-refractivity contribution in [3.63, 3.8) is 0 Å². The van der Waals surface area contributed by atoms with Gasteiger partial charge in [-0.05, 0) is 38.0 Å². The van der Waals surface area contributed by atoms with E-state index in [0.29, 0.717) is 6.42 Å². The number of amides is 1. The van der Waals surface area contributed by atoms with Gasteiger partial charge in [0.2, 0.25) is 0 Å². The van der Waals surface area contributed by atoms with E-state index in [4.69, 9.17) is 4.74 Å². The Labute approximate surface area is 154 Å². The summed E-state index contributed by atoms with van der Waals surface area (Å²) >= 11 is 0. The number of benzene rings is 2. The average Bonchev–Trinajstić information content (AvgIpc) is 2.61. The molecule has 1 aliphatic heterocycles. The molecule has 2 aromatic carbocycles. The Kier molecular flexibility index (Phi) is 4.56. The molecule has 2 aromatic rings. The van der Waals surface area contributed by atoms with E-state index < -0.39 is 17.2 Å². The van der Waals surface area contributed by atoms with Crippen molar-refractivity contribution >= 4 is 12.2 Å².